The minimum absolute atomic E-state index is 0.0710. The highest BCUT2D eigenvalue weighted by Gasteiger charge is 2.11. The van der Waals surface area contributed by atoms with Crippen LogP contribution in [0.4, 0.5) is 15.9 Å². The van der Waals surface area contributed by atoms with Crippen LogP contribution in [0.3, 0.4) is 0 Å². The van der Waals surface area contributed by atoms with Crippen LogP contribution >= 0.6 is 11.6 Å². The van der Waals surface area contributed by atoms with Crippen molar-refractivity contribution in [1.29, 1.82) is 5.26 Å². The average molecular weight is 299 g/mol. The number of nitrogens with zero attached hydrogens (tertiary/aromatic N) is 3. The van der Waals surface area contributed by atoms with Crippen LogP contribution in [-0.4, -0.2) is 10.2 Å². The van der Waals surface area contributed by atoms with Crippen molar-refractivity contribution in [2.75, 3.05) is 5.32 Å². The van der Waals surface area contributed by atoms with E-state index in [1.807, 2.05) is 30.3 Å². The summed E-state index contributed by atoms with van der Waals surface area (Å²) in [5.74, 6) is -0.175. The van der Waals surface area contributed by atoms with Crippen molar-refractivity contribution in [3.05, 3.63) is 59.0 Å². The van der Waals surface area contributed by atoms with Crippen molar-refractivity contribution >= 4 is 33.9 Å². The van der Waals surface area contributed by atoms with Gasteiger partial charge in [0, 0.05) is 10.8 Å². The van der Waals surface area contributed by atoms with Crippen molar-refractivity contribution in [3.63, 3.8) is 0 Å². The first-order valence-electron chi connectivity index (χ1n) is 6.07. The molecule has 3 aromatic rings. The van der Waals surface area contributed by atoms with Crippen LogP contribution in [0.25, 0.3) is 10.8 Å². The number of halogens is 2. The van der Waals surface area contributed by atoms with Gasteiger partial charge in [0.15, 0.2) is 11.0 Å². The van der Waals surface area contributed by atoms with Crippen molar-refractivity contribution in [3.8, 4) is 6.07 Å². The molecule has 0 fully saturated rings. The summed E-state index contributed by atoms with van der Waals surface area (Å²) in [5, 5.41) is 21.6. The number of benzene rings is 2. The molecule has 1 aromatic heterocycles. The van der Waals surface area contributed by atoms with Crippen molar-refractivity contribution in [2.24, 2.45) is 0 Å². The summed E-state index contributed by atoms with van der Waals surface area (Å²) in [5.41, 5.74) is 0.262. The first-order valence-corrected chi connectivity index (χ1v) is 6.45. The summed E-state index contributed by atoms with van der Waals surface area (Å²) in [7, 11) is 0. The number of nitriles is 1. The molecule has 0 aliphatic rings. The Bertz CT molecular complexity index is 873. The normalized spacial score (nSPS) is 10.3. The first-order chi connectivity index (χ1) is 10.2. The second kappa shape index (κ2) is 5.35. The Balaban J connectivity index is 2.14. The molecule has 0 aliphatic carbocycles. The van der Waals surface area contributed by atoms with Crippen LogP contribution in [0.5, 0.6) is 0 Å². The third-order valence-corrected chi connectivity index (χ3v) is 3.30. The summed E-state index contributed by atoms with van der Waals surface area (Å²) in [6, 6.07) is 13.5. The quantitative estimate of drug-likeness (QED) is 0.775. The molecule has 0 saturated heterocycles. The second-order valence-corrected chi connectivity index (χ2v) is 4.64. The van der Waals surface area contributed by atoms with Crippen molar-refractivity contribution < 1.29 is 4.39 Å². The third-order valence-electron chi connectivity index (χ3n) is 3.02. The molecular weight excluding hydrogens is 291 g/mol. The lowest BCUT2D eigenvalue weighted by Crippen LogP contribution is -2.00. The van der Waals surface area contributed by atoms with Gasteiger partial charge in [0.1, 0.15) is 17.4 Å². The standard InChI is InChI=1S/C15H8ClFN4/c16-14-9-4-1-2-5-10(9)15(21-20-14)19-13-7-3-6-12(17)11(13)8-18/h1-7H,(H,19,21). The lowest BCUT2D eigenvalue weighted by atomic mass is 10.1. The SMILES string of the molecule is N#Cc1c(F)cccc1Nc1nnc(Cl)c2ccccc12. The molecule has 0 spiro atoms. The van der Waals surface area contributed by atoms with Crippen LogP contribution in [0, 0.1) is 17.1 Å². The lowest BCUT2D eigenvalue weighted by molar-refractivity contribution is 0.624. The topological polar surface area (TPSA) is 61.6 Å². The maximum Gasteiger partial charge on any atom is 0.161 e. The monoisotopic (exact) mass is 298 g/mol. The van der Waals surface area contributed by atoms with E-state index in [-0.39, 0.29) is 10.7 Å². The molecule has 21 heavy (non-hydrogen) atoms. The van der Waals surface area contributed by atoms with Crippen LogP contribution in [0.1, 0.15) is 5.56 Å². The minimum Gasteiger partial charge on any atom is -0.337 e. The Morgan fingerprint density at radius 2 is 1.81 bits per heavy atom. The smallest absolute Gasteiger partial charge is 0.161 e. The molecule has 1 heterocycles. The van der Waals surface area contributed by atoms with Crippen LogP contribution in [0.15, 0.2) is 42.5 Å². The fraction of sp³-hybridized carbons (Fsp3) is 0. The highest BCUT2D eigenvalue weighted by atomic mass is 35.5. The molecule has 0 saturated carbocycles. The molecular formula is C15H8ClFN4. The van der Waals surface area contributed by atoms with Gasteiger partial charge in [-0.25, -0.2) is 4.39 Å². The molecule has 4 nitrogen and oxygen atoms in total. The van der Waals surface area contributed by atoms with E-state index in [2.05, 4.69) is 15.5 Å². The average Bonchev–Trinajstić information content (AvgIpc) is 2.51. The van der Waals surface area contributed by atoms with Gasteiger partial charge >= 0.3 is 0 Å². The van der Waals surface area contributed by atoms with E-state index in [1.165, 1.54) is 12.1 Å². The molecule has 2 aromatic carbocycles. The van der Waals surface area contributed by atoms with E-state index < -0.39 is 5.82 Å². The zero-order chi connectivity index (χ0) is 14.8. The lowest BCUT2D eigenvalue weighted by Gasteiger charge is -2.10. The maximum absolute atomic E-state index is 13.6. The summed E-state index contributed by atoms with van der Waals surface area (Å²) in [6.07, 6.45) is 0. The Morgan fingerprint density at radius 3 is 2.57 bits per heavy atom. The molecule has 3 rings (SSSR count). The zero-order valence-corrected chi connectivity index (χ0v) is 11.4. The molecule has 0 unspecified atom stereocenters. The predicted molar refractivity (Wildman–Crippen MR) is 78.9 cm³/mol. The summed E-state index contributed by atoms with van der Waals surface area (Å²) < 4.78 is 13.6. The van der Waals surface area contributed by atoms with E-state index in [0.717, 1.165) is 10.8 Å². The highest BCUT2D eigenvalue weighted by molar-refractivity contribution is 6.34. The van der Waals surface area contributed by atoms with Gasteiger partial charge in [0.05, 0.1) is 5.69 Å². The first kappa shape index (κ1) is 13.3. The number of nitrogens with one attached hydrogen (secondary N) is 1. The van der Waals surface area contributed by atoms with E-state index in [4.69, 9.17) is 16.9 Å². The van der Waals surface area contributed by atoms with Crippen LogP contribution < -0.4 is 5.32 Å². The fourth-order valence-electron chi connectivity index (χ4n) is 2.03. The van der Waals surface area contributed by atoms with E-state index in [0.29, 0.717) is 11.5 Å². The number of anilines is 2. The van der Waals surface area contributed by atoms with Crippen LogP contribution in [0.2, 0.25) is 5.15 Å². The Hall–Kier alpha value is -2.71. The van der Waals surface area contributed by atoms with Gasteiger partial charge in [0.2, 0.25) is 0 Å². The molecule has 1 N–H and O–H groups in total. The van der Waals surface area contributed by atoms with Crippen molar-refractivity contribution in [2.45, 2.75) is 0 Å². The third kappa shape index (κ3) is 2.37. The summed E-state index contributed by atoms with van der Waals surface area (Å²) in [4.78, 5) is 0. The Kier molecular flexibility index (Phi) is 3.38. The van der Waals surface area contributed by atoms with Gasteiger partial charge in [0.25, 0.3) is 0 Å². The summed E-state index contributed by atoms with van der Waals surface area (Å²) in [6.45, 7) is 0. The Labute approximate surface area is 124 Å². The van der Waals surface area contributed by atoms with Gasteiger partial charge in [-0.05, 0) is 12.1 Å². The van der Waals surface area contributed by atoms with E-state index in [1.54, 1.807) is 6.07 Å². The van der Waals surface area contributed by atoms with Gasteiger partial charge < -0.3 is 5.32 Å². The highest BCUT2D eigenvalue weighted by Crippen LogP contribution is 2.29. The predicted octanol–water partition coefficient (Wildman–Crippen LogP) is 4.04. The molecule has 102 valence electrons. The summed E-state index contributed by atoms with van der Waals surface area (Å²) >= 11 is 6.00. The molecule has 0 bridgehead atoms. The Morgan fingerprint density at radius 1 is 1.05 bits per heavy atom. The number of hydrogen-bond acceptors (Lipinski definition) is 4. The molecule has 6 heteroatoms. The second-order valence-electron chi connectivity index (χ2n) is 4.28. The molecule has 0 aliphatic heterocycles. The molecule has 0 amide bonds. The minimum atomic E-state index is -0.589. The zero-order valence-electron chi connectivity index (χ0n) is 10.6. The van der Waals surface area contributed by atoms with Gasteiger partial charge in [-0.2, -0.15) is 5.26 Å². The van der Waals surface area contributed by atoms with E-state index >= 15 is 0 Å². The number of aromatic nitrogens is 2. The van der Waals surface area contributed by atoms with Crippen LogP contribution in [-0.2, 0) is 0 Å². The van der Waals surface area contributed by atoms with Crippen molar-refractivity contribution in [1.82, 2.24) is 10.2 Å². The molecule has 0 atom stereocenters. The number of hydrogen-bond donors (Lipinski definition) is 1. The van der Waals surface area contributed by atoms with E-state index in [9.17, 15) is 4.39 Å². The van der Waals surface area contributed by atoms with Gasteiger partial charge in [-0.1, -0.05) is 41.9 Å². The maximum atomic E-state index is 13.6. The number of rotatable bonds is 2. The largest absolute Gasteiger partial charge is 0.337 e. The fourth-order valence-corrected chi connectivity index (χ4v) is 2.24. The number of fused-ring (bicyclic) bond motifs is 1. The van der Waals surface area contributed by atoms with Gasteiger partial charge in [-0.3, -0.25) is 0 Å². The molecule has 0 radical (unpaired) electrons. The van der Waals surface area contributed by atoms with Gasteiger partial charge in [-0.15, -0.1) is 10.2 Å².